The number of hydrogen-bond donors (Lipinski definition) is 2. The summed E-state index contributed by atoms with van der Waals surface area (Å²) in [5.41, 5.74) is 1.36. The molecule has 3 rings (SSSR count). The summed E-state index contributed by atoms with van der Waals surface area (Å²) in [4.78, 5) is 0. The Hall–Kier alpha value is -0.0800. The molecule has 104 valence electrons. The van der Waals surface area contributed by atoms with Crippen molar-refractivity contribution < 1.29 is 0 Å². The Morgan fingerprint density at radius 1 is 1.06 bits per heavy atom. The molecule has 0 aromatic heterocycles. The molecule has 2 heteroatoms. The number of rotatable bonds is 4. The Balaban J connectivity index is 1.38. The third-order valence-corrected chi connectivity index (χ3v) is 5.96. The molecule has 2 aliphatic carbocycles. The summed E-state index contributed by atoms with van der Waals surface area (Å²) in [5, 5.41) is 7.30. The first kappa shape index (κ1) is 12.9. The molecule has 1 heterocycles. The second-order valence-corrected chi connectivity index (χ2v) is 7.52. The first-order chi connectivity index (χ1) is 8.73. The topological polar surface area (TPSA) is 24.1 Å². The molecular formula is C16H30N2. The average molecular weight is 250 g/mol. The van der Waals surface area contributed by atoms with Crippen molar-refractivity contribution in [1.29, 1.82) is 0 Å². The van der Waals surface area contributed by atoms with Gasteiger partial charge in [0.2, 0.25) is 0 Å². The SMILES string of the molecule is CC1(CNCC2CC23CCNCC3)CCCCC1. The predicted molar refractivity (Wildman–Crippen MR) is 76.7 cm³/mol. The van der Waals surface area contributed by atoms with Crippen LogP contribution in [0, 0.1) is 16.7 Å². The lowest BCUT2D eigenvalue weighted by molar-refractivity contribution is 0.205. The molecule has 1 spiro atoms. The van der Waals surface area contributed by atoms with Crippen molar-refractivity contribution in [1.82, 2.24) is 10.6 Å². The number of nitrogens with one attached hydrogen (secondary N) is 2. The van der Waals surface area contributed by atoms with Crippen molar-refractivity contribution >= 4 is 0 Å². The number of hydrogen-bond acceptors (Lipinski definition) is 2. The molecule has 1 aliphatic heterocycles. The van der Waals surface area contributed by atoms with E-state index in [0.29, 0.717) is 5.41 Å². The van der Waals surface area contributed by atoms with Gasteiger partial charge in [0.15, 0.2) is 0 Å². The van der Waals surface area contributed by atoms with E-state index >= 15 is 0 Å². The van der Waals surface area contributed by atoms with Crippen LogP contribution in [0.3, 0.4) is 0 Å². The molecule has 0 radical (unpaired) electrons. The molecule has 0 aromatic carbocycles. The lowest BCUT2D eigenvalue weighted by Crippen LogP contribution is -2.36. The van der Waals surface area contributed by atoms with E-state index in [4.69, 9.17) is 0 Å². The maximum Gasteiger partial charge on any atom is 0.000528 e. The fourth-order valence-electron chi connectivity index (χ4n) is 4.39. The molecule has 2 saturated carbocycles. The second kappa shape index (κ2) is 5.13. The van der Waals surface area contributed by atoms with Crippen molar-refractivity contribution in [2.45, 2.75) is 58.3 Å². The van der Waals surface area contributed by atoms with Crippen LogP contribution in [-0.2, 0) is 0 Å². The van der Waals surface area contributed by atoms with Crippen molar-refractivity contribution in [2.24, 2.45) is 16.7 Å². The Morgan fingerprint density at radius 3 is 2.50 bits per heavy atom. The van der Waals surface area contributed by atoms with Crippen molar-refractivity contribution in [3.05, 3.63) is 0 Å². The van der Waals surface area contributed by atoms with E-state index in [-0.39, 0.29) is 0 Å². The lowest BCUT2D eigenvalue weighted by atomic mass is 9.76. The minimum atomic E-state index is 0.606. The van der Waals surface area contributed by atoms with Gasteiger partial charge in [0.25, 0.3) is 0 Å². The highest BCUT2D eigenvalue weighted by molar-refractivity contribution is 5.05. The van der Waals surface area contributed by atoms with Gasteiger partial charge in [-0.3, -0.25) is 0 Å². The maximum atomic E-state index is 3.81. The Morgan fingerprint density at radius 2 is 1.78 bits per heavy atom. The van der Waals surface area contributed by atoms with Crippen molar-refractivity contribution in [2.75, 3.05) is 26.2 Å². The fourth-order valence-corrected chi connectivity index (χ4v) is 4.39. The summed E-state index contributed by atoms with van der Waals surface area (Å²) < 4.78 is 0. The van der Waals surface area contributed by atoms with Gasteiger partial charge in [-0.1, -0.05) is 26.2 Å². The van der Waals surface area contributed by atoms with Crippen LogP contribution in [0.1, 0.15) is 58.3 Å². The summed E-state index contributed by atoms with van der Waals surface area (Å²) in [5.74, 6) is 0.992. The molecule has 18 heavy (non-hydrogen) atoms. The van der Waals surface area contributed by atoms with Crippen LogP contribution < -0.4 is 10.6 Å². The zero-order valence-corrected chi connectivity index (χ0v) is 12.1. The van der Waals surface area contributed by atoms with Crippen LogP contribution in [0.15, 0.2) is 0 Å². The largest absolute Gasteiger partial charge is 0.317 e. The van der Waals surface area contributed by atoms with Crippen molar-refractivity contribution in [3.8, 4) is 0 Å². The summed E-state index contributed by atoms with van der Waals surface area (Å²) in [6.07, 6.45) is 11.6. The molecule has 2 N–H and O–H groups in total. The molecule has 3 aliphatic rings. The number of piperidine rings is 1. The van der Waals surface area contributed by atoms with E-state index in [1.807, 2.05) is 0 Å². The third kappa shape index (κ3) is 2.75. The first-order valence-corrected chi connectivity index (χ1v) is 8.14. The standard InChI is InChI=1S/C16H30N2/c1-15(5-3-2-4-6-15)13-18-12-14-11-16(14)7-9-17-10-8-16/h14,17-18H,2-13H2,1H3. The monoisotopic (exact) mass is 250 g/mol. The maximum absolute atomic E-state index is 3.81. The van der Waals surface area contributed by atoms with Crippen LogP contribution >= 0.6 is 0 Å². The highest BCUT2D eigenvalue weighted by Gasteiger charge is 2.53. The highest BCUT2D eigenvalue weighted by Crippen LogP contribution is 2.58. The molecule has 0 bridgehead atoms. The Kier molecular flexibility index (Phi) is 3.68. The van der Waals surface area contributed by atoms with Gasteiger partial charge in [-0.15, -0.1) is 0 Å². The van der Waals surface area contributed by atoms with Gasteiger partial charge in [0.05, 0.1) is 0 Å². The van der Waals surface area contributed by atoms with Crippen LogP contribution in [0.25, 0.3) is 0 Å². The zero-order valence-electron chi connectivity index (χ0n) is 12.1. The van der Waals surface area contributed by atoms with E-state index in [9.17, 15) is 0 Å². The van der Waals surface area contributed by atoms with Gasteiger partial charge < -0.3 is 10.6 Å². The van der Waals surface area contributed by atoms with E-state index in [2.05, 4.69) is 17.6 Å². The smallest absolute Gasteiger partial charge is 0.000528 e. The van der Waals surface area contributed by atoms with Gasteiger partial charge in [0, 0.05) is 6.54 Å². The third-order valence-electron chi connectivity index (χ3n) is 5.96. The Labute approximate surface area is 112 Å². The second-order valence-electron chi connectivity index (χ2n) is 7.52. The quantitative estimate of drug-likeness (QED) is 0.801. The molecule has 3 fully saturated rings. The molecule has 2 nitrogen and oxygen atoms in total. The lowest BCUT2D eigenvalue weighted by Gasteiger charge is -2.34. The highest BCUT2D eigenvalue weighted by atomic mass is 14.9. The van der Waals surface area contributed by atoms with Crippen LogP contribution in [-0.4, -0.2) is 26.2 Å². The van der Waals surface area contributed by atoms with E-state index in [1.54, 1.807) is 0 Å². The van der Waals surface area contributed by atoms with Gasteiger partial charge >= 0.3 is 0 Å². The minimum absolute atomic E-state index is 0.606. The Bertz CT molecular complexity index is 275. The molecule has 1 unspecified atom stereocenters. The van der Waals surface area contributed by atoms with Crippen molar-refractivity contribution in [3.63, 3.8) is 0 Å². The molecule has 1 saturated heterocycles. The predicted octanol–water partition coefficient (Wildman–Crippen LogP) is 2.94. The summed E-state index contributed by atoms with van der Waals surface area (Å²) >= 11 is 0. The molecular weight excluding hydrogens is 220 g/mol. The van der Waals surface area contributed by atoms with Gasteiger partial charge in [-0.2, -0.15) is 0 Å². The first-order valence-electron chi connectivity index (χ1n) is 8.14. The zero-order chi connectivity index (χ0) is 12.5. The van der Waals surface area contributed by atoms with E-state index < -0.39 is 0 Å². The molecule has 0 aromatic rings. The van der Waals surface area contributed by atoms with Gasteiger partial charge in [-0.05, 0) is 68.5 Å². The summed E-state index contributed by atoms with van der Waals surface area (Å²) in [6.45, 7) is 7.56. The average Bonchev–Trinajstić information content (AvgIpc) is 3.03. The van der Waals surface area contributed by atoms with E-state index in [0.717, 1.165) is 11.3 Å². The van der Waals surface area contributed by atoms with Gasteiger partial charge in [0.1, 0.15) is 0 Å². The minimum Gasteiger partial charge on any atom is -0.317 e. The van der Waals surface area contributed by atoms with Gasteiger partial charge in [-0.25, -0.2) is 0 Å². The summed E-state index contributed by atoms with van der Waals surface area (Å²) in [6, 6.07) is 0. The van der Waals surface area contributed by atoms with Crippen LogP contribution in [0.5, 0.6) is 0 Å². The molecule has 0 amide bonds. The normalized spacial score (nSPS) is 33.5. The van der Waals surface area contributed by atoms with Crippen LogP contribution in [0.4, 0.5) is 0 Å². The fraction of sp³-hybridized carbons (Fsp3) is 1.00. The summed E-state index contributed by atoms with van der Waals surface area (Å²) in [7, 11) is 0. The van der Waals surface area contributed by atoms with E-state index in [1.165, 1.54) is 77.5 Å². The molecule has 1 atom stereocenters. The van der Waals surface area contributed by atoms with Crippen LogP contribution in [0.2, 0.25) is 0 Å².